The Morgan fingerprint density at radius 3 is 2.19 bits per heavy atom. The third-order valence-electron chi connectivity index (χ3n) is 5.20. The molecule has 0 saturated heterocycles. The zero-order valence-corrected chi connectivity index (χ0v) is 19.6. The van der Waals surface area contributed by atoms with Crippen molar-refractivity contribution in [3.05, 3.63) is 95.6 Å². The van der Waals surface area contributed by atoms with Crippen molar-refractivity contribution in [3.8, 4) is 0 Å². The molecular formula is C26H30N2O3S. The Bertz CT molecular complexity index is 1140. The molecule has 1 N–H and O–H groups in total. The molecule has 5 nitrogen and oxygen atoms in total. The fourth-order valence-electron chi connectivity index (χ4n) is 3.34. The van der Waals surface area contributed by atoms with Gasteiger partial charge in [0, 0.05) is 6.54 Å². The van der Waals surface area contributed by atoms with E-state index < -0.39 is 10.0 Å². The maximum atomic E-state index is 13.7. The number of aryl methyl sites for hydroxylation is 1. The smallest absolute Gasteiger partial charge is 0.264 e. The summed E-state index contributed by atoms with van der Waals surface area (Å²) >= 11 is 0. The lowest BCUT2D eigenvalue weighted by Crippen LogP contribution is -2.34. The molecule has 0 radical (unpaired) electrons. The monoisotopic (exact) mass is 450 g/mol. The van der Waals surface area contributed by atoms with Gasteiger partial charge in [0.05, 0.1) is 22.7 Å². The van der Waals surface area contributed by atoms with E-state index in [-0.39, 0.29) is 17.3 Å². The largest absolute Gasteiger partial charge is 0.352 e. The third kappa shape index (κ3) is 5.77. The van der Waals surface area contributed by atoms with Gasteiger partial charge >= 0.3 is 0 Å². The van der Waals surface area contributed by atoms with Gasteiger partial charge in [0.15, 0.2) is 0 Å². The Kier molecular flexibility index (Phi) is 7.70. The first-order chi connectivity index (χ1) is 15.3. The number of carbonyl (C=O) groups is 1. The normalized spacial score (nSPS) is 11.4. The van der Waals surface area contributed by atoms with Crippen molar-refractivity contribution in [2.24, 2.45) is 5.92 Å². The minimum absolute atomic E-state index is 0.118. The van der Waals surface area contributed by atoms with Crippen LogP contribution in [0.5, 0.6) is 0 Å². The first-order valence-corrected chi connectivity index (χ1v) is 12.2. The van der Waals surface area contributed by atoms with E-state index in [9.17, 15) is 13.2 Å². The Labute approximate surface area is 191 Å². The second-order valence-electron chi connectivity index (χ2n) is 8.27. The van der Waals surface area contributed by atoms with Crippen molar-refractivity contribution in [2.45, 2.75) is 38.6 Å². The fraction of sp³-hybridized carbons (Fsp3) is 0.269. The van der Waals surface area contributed by atoms with Crippen molar-refractivity contribution in [2.75, 3.05) is 10.8 Å². The third-order valence-corrected chi connectivity index (χ3v) is 6.98. The highest BCUT2D eigenvalue weighted by Crippen LogP contribution is 2.29. The Morgan fingerprint density at radius 1 is 0.906 bits per heavy atom. The van der Waals surface area contributed by atoms with Crippen molar-refractivity contribution in [1.29, 1.82) is 0 Å². The molecule has 168 valence electrons. The highest BCUT2D eigenvalue weighted by atomic mass is 32.2. The van der Waals surface area contributed by atoms with Crippen LogP contribution in [0.25, 0.3) is 0 Å². The van der Waals surface area contributed by atoms with Crippen LogP contribution in [0.2, 0.25) is 0 Å². The molecule has 0 spiro atoms. The second kappa shape index (κ2) is 10.5. The summed E-state index contributed by atoms with van der Waals surface area (Å²) in [6, 6.07) is 23.0. The summed E-state index contributed by atoms with van der Waals surface area (Å²) in [5, 5.41) is 2.93. The number of carbonyl (C=O) groups excluding carboxylic acids is 1. The van der Waals surface area contributed by atoms with Crippen molar-refractivity contribution < 1.29 is 13.2 Å². The van der Waals surface area contributed by atoms with E-state index in [0.717, 1.165) is 17.5 Å². The second-order valence-corrected chi connectivity index (χ2v) is 10.1. The van der Waals surface area contributed by atoms with Crippen molar-refractivity contribution in [3.63, 3.8) is 0 Å². The minimum atomic E-state index is -3.91. The van der Waals surface area contributed by atoms with E-state index in [1.54, 1.807) is 48.5 Å². The average molecular weight is 451 g/mol. The molecule has 0 heterocycles. The van der Waals surface area contributed by atoms with E-state index in [0.29, 0.717) is 23.7 Å². The van der Waals surface area contributed by atoms with E-state index in [4.69, 9.17) is 0 Å². The van der Waals surface area contributed by atoms with Crippen LogP contribution in [0.4, 0.5) is 5.69 Å². The number of hydrogen-bond acceptors (Lipinski definition) is 3. The topological polar surface area (TPSA) is 66.5 Å². The van der Waals surface area contributed by atoms with Gasteiger partial charge in [0.2, 0.25) is 0 Å². The molecule has 6 heteroatoms. The molecule has 3 rings (SSSR count). The van der Waals surface area contributed by atoms with Gasteiger partial charge in [-0.15, -0.1) is 0 Å². The van der Waals surface area contributed by atoms with Crippen LogP contribution >= 0.6 is 0 Å². The molecule has 0 aliphatic rings. The Balaban J connectivity index is 2.04. The summed E-state index contributed by atoms with van der Waals surface area (Å²) in [7, 11) is -3.91. The summed E-state index contributed by atoms with van der Waals surface area (Å²) in [6.45, 7) is 6.75. The van der Waals surface area contributed by atoms with Gasteiger partial charge in [0.25, 0.3) is 15.9 Å². The van der Waals surface area contributed by atoms with Crippen molar-refractivity contribution >= 4 is 21.6 Å². The van der Waals surface area contributed by atoms with Crippen LogP contribution in [-0.2, 0) is 16.6 Å². The van der Waals surface area contributed by atoms with E-state index >= 15 is 0 Å². The van der Waals surface area contributed by atoms with Crippen LogP contribution in [0.3, 0.4) is 0 Å². The van der Waals surface area contributed by atoms with Crippen molar-refractivity contribution in [1.82, 2.24) is 5.32 Å². The minimum Gasteiger partial charge on any atom is -0.352 e. The summed E-state index contributed by atoms with van der Waals surface area (Å²) in [6.07, 6.45) is 0.850. The number of sulfonamides is 1. The summed E-state index contributed by atoms with van der Waals surface area (Å²) in [5.74, 6) is 0.181. The van der Waals surface area contributed by atoms with E-state index in [1.165, 1.54) is 4.31 Å². The van der Waals surface area contributed by atoms with E-state index in [1.807, 2.05) is 37.3 Å². The zero-order chi connectivity index (χ0) is 23.1. The average Bonchev–Trinajstić information content (AvgIpc) is 2.78. The molecular weight excluding hydrogens is 420 g/mol. The predicted molar refractivity (Wildman–Crippen MR) is 129 cm³/mol. The molecule has 0 fully saturated rings. The fourth-order valence-corrected chi connectivity index (χ4v) is 4.81. The lowest BCUT2D eigenvalue weighted by atomic mass is 10.1. The molecule has 32 heavy (non-hydrogen) atoms. The maximum absolute atomic E-state index is 13.7. The molecule has 0 aromatic heterocycles. The number of hydrogen-bond donors (Lipinski definition) is 1. The zero-order valence-electron chi connectivity index (χ0n) is 18.8. The van der Waals surface area contributed by atoms with Crippen LogP contribution in [0, 0.1) is 12.8 Å². The first-order valence-electron chi connectivity index (χ1n) is 10.8. The highest BCUT2D eigenvalue weighted by Gasteiger charge is 2.28. The number of nitrogens with one attached hydrogen (secondary N) is 1. The standard InChI is InChI=1S/C26H30N2O3S/c1-20(2)17-18-27-26(29)24-11-7-8-12-25(24)28(19-22-9-5-4-6-10-22)32(30,31)23-15-13-21(3)14-16-23/h4-16,20H,17-19H2,1-3H3,(H,27,29). The molecule has 0 saturated carbocycles. The maximum Gasteiger partial charge on any atom is 0.264 e. The SMILES string of the molecule is Cc1ccc(S(=O)(=O)N(Cc2ccccc2)c2ccccc2C(=O)NCCC(C)C)cc1. The molecule has 0 aliphatic carbocycles. The predicted octanol–water partition coefficient (Wildman–Crippen LogP) is 5.17. The van der Waals surface area contributed by atoms with Gasteiger partial charge in [-0.05, 0) is 49.1 Å². The van der Waals surface area contributed by atoms with Gasteiger partial charge in [0.1, 0.15) is 0 Å². The quantitative estimate of drug-likeness (QED) is 0.489. The summed E-state index contributed by atoms with van der Waals surface area (Å²) < 4.78 is 28.8. The van der Waals surface area contributed by atoms with Crippen LogP contribution in [0.15, 0.2) is 83.8 Å². The first kappa shape index (κ1) is 23.5. The van der Waals surface area contributed by atoms with E-state index in [2.05, 4.69) is 19.2 Å². The number of nitrogens with zero attached hydrogens (tertiary/aromatic N) is 1. The van der Waals surface area contributed by atoms with Crippen LogP contribution < -0.4 is 9.62 Å². The van der Waals surface area contributed by atoms with Crippen LogP contribution in [0.1, 0.15) is 41.8 Å². The Hall–Kier alpha value is -3.12. The van der Waals surface area contributed by atoms with Gasteiger partial charge in [-0.25, -0.2) is 8.42 Å². The number of rotatable bonds is 9. The lowest BCUT2D eigenvalue weighted by molar-refractivity contribution is 0.0952. The Morgan fingerprint density at radius 2 is 1.53 bits per heavy atom. The molecule has 3 aromatic rings. The molecule has 0 atom stereocenters. The molecule has 3 aromatic carbocycles. The number of anilines is 1. The molecule has 0 unspecified atom stereocenters. The van der Waals surface area contributed by atoms with Crippen LogP contribution in [-0.4, -0.2) is 20.9 Å². The van der Waals surface area contributed by atoms with Gasteiger partial charge < -0.3 is 5.32 Å². The number of amides is 1. The summed E-state index contributed by atoms with van der Waals surface area (Å²) in [4.78, 5) is 13.2. The lowest BCUT2D eigenvalue weighted by Gasteiger charge is -2.27. The van der Waals surface area contributed by atoms with Gasteiger partial charge in [-0.3, -0.25) is 9.10 Å². The summed E-state index contributed by atoms with van der Waals surface area (Å²) in [5.41, 5.74) is 2.50. The van der Waals surface area contributed by atoms with Gasteiger partial charge in [-0.1, -0.05) is 74.0 Å². The van der Waals surface area contributed by atoms with Gasteiger partial charge in [-0.2, -0.15) is 0 Å². The molecule has 0 aliphatic heterocycles. The molecule has 0 bridgehead atoms. The molecule has 1 amide bonds. The highest BCUT2D eigenvalue weighted by molar-refractivity contribution is 7.92. The number of benzene rings is 3. The number of para-hydroxylation sites is 1.